The molecule has 0 radical (unpaired) electrons. The zero-order valence-corrected chi connectivity index (χ0v) is 25.7. The van der Waals surface area contributed by atoms with E-state index >= 15 is 0 Å². The van der Waals surface area contributed by atoms with E-state index in [0.29, 0.717) is 18.7 Å². The van der Waals surface area contributed by atoms with Crippen molar-refractivity contribution >= 4 is 17.6 Å². The Labute approximate surface area is 265 Å². The van der Waals surface area contributed by atoms with Crippen LogP contribution >= 0.6 is 0 Å². The van der Waals surface area contributed by atoms with Gasteiger partial charge in [-0.3, -0.25) is 4.79 Å². The van der Waals surface area contributed by atoms with E-state index in [1.54, 1.807) is 17.1 Å². The maximum atomic E-state index is 13.5. The van der Waals surface area contributed by atoms with Crippen LogP contribution in [0.3, 0.4) is 0 Å². The SMILES string of the molecule is O=C(CNCCOC(=O)N(c1ccccc1-c1ccccc1)N1CCCCC1)c1ccc(CNCCc2ccc(O)cc2)cc1. The topological polar surface area (TPSA) is 94.1 Å². The lowest BCUT2D eigenvalue weighted by Gasteiger charge is -2.37. The first-order valence-electron chi connectivity index (χ1n) is 15.8. The summed E-state index contributed by atoms with van der Waals surface area (Å²) in [7, 11) is 0. The minimum absolute atomic E-state index is 0.0140. The molecule has 1 fully saturated rings. The molecule has 0 atom stereocenters. The number of nitrogens with one attached hydrogen (secondary N) is 2. The molecule has 4 aromatic rings. The molecule has 8 nitrogen and oxygen atoms in total. The molecule has 1 saturated heterocycles. The molecule has 45 heavy (non-hydrogen) atoms. The van der Waals surface area contributed by atoms with Crippen LogP contribution in [0.25, 0.3) is 11.1 Å². The van der Waals surface area contributed by atoms with Crippen LogP contribution in [0.15, 0.2) is 103 Å². The van der Waals surface area contributed by atoms with Crippen molar-refractivity contribution in [3.8, 4) is 16.9 Å². The molecule has 0 saturated carbocycles. The number of hydrogen-bond donors (Lipinski definition) is 3. The Hall–Kier alpha value is -4.50. The van der Waals surface area contributed by atoms with E-state index in [4.69, 9.17) is 4.74 Å². The van der Waals surface area contributed by atoms with Gasteiger partial charge in [0.15, 0.2) is 5.78 Å². The number of piperidine rings is 1. The zero-order chi connectivity index (χ0) is 31.3. The predicted octanol–water partition coefficient (Wildman–Crippen LogP) is 6.21. The van der Waals surface area contributed by atoms with Gasteiger partial charge in [-0.05, 0) is 60.7 Å². The Morgan fingerprint density at radius 1 is 0.756 bits per heavy atom. The Bertz CT molecular complexity index is 1500. The number of nitrogens with zero attached hydrogens (tertiary/aromatic N) is 2. The van der Waals surface area contributed by atoms with Crippen molar-refractivity contribution in [3.05, 3.63) is 120 Å². The van der Waals surface area contributed by atoms with Gasteiger partial charge >= 0.3 is 6.09 Å². The Balaban J connectivity index is 1.08. The van der Waals surface area contributed by atoms with Crippen molar-refractivity contribution in [3.63, 3.8) is 0 Å². The lowest BCUT2D eigenvalue weighted by Crippen LogP contribution is -2.50. The fourth-order valence-electron chi connectivity index (χ4n) is 5.48. The lowest BCUT2D eigenvalue weighted by atomic mass is 10.0. The van der Waals surface area contributed by atoms with Gasteiger partial charge in [0.05, 0.1) is 12.2 Å². The van der Waals surface area contributed by atoms with Crippen molar-refractivity contribution in [2.24, 2.45) is 0 Å². The largest absolute Gasteiger partial charge is 0.508 e. The number of ketones is 1. The summed E-state index contributed by atoms with van der Waals surface area (Å²) in [5.41, 5.74) is 5.72. The van der Waals surface area contributed by atoms with Gasteiger partial charge < -0.3 is 20.5 Å². The molecule has 0 bridgehead atoms. The number of rotatable bonds is 14. The summed E-state index contributed by atoms with van der Waals surface area (Å²) >= 11 is 0. The van der Waals surface area contributed by atoms with Gasteiger partial charge in [0, 0.05) is 37.3 Å². The third kappa shape index (κ3) is 9.25. The van der Waals surface area contributed by atoms with E-state index < -0.39 is 6.09 Å². The smallest absolute Gasteiger partial charge is 0.429 e. The van der Waals surface area contributed by atoms with Crippen LogP contribution in [0, 0.1) is 0 Å². The van der Waals surface area contributed by atoms with Crippen molar-refractivity contribution in [2.75, 3.05) is 44.3 Å². The molecule has 0 aliphatic carbocycles. The van der Waals surface area contributed by atoms with Crippen molar-refractivity contribution < 1.29 is 19.4 Å². The highest BCUT2D eigenvalue weighted by atomic mass is 16.6. The molecule has 0 spiro atoms. The van der Waals surface area contributed by atoms with Gasteiger partial charge in [-0.2, -0.15) is 0 Å². The van der Waals surface area contributed by atoms with Crippen LogP contribution in [-0.2, 0) is 17.7 Å². The average molecular weight is 607 g/mol. The fraction of sp³-hybridized carbons (Fsp3) is 0.297. The van der Waals surface area contributed by atoms with Crippen molar-refractivity contribution in [2.45, 2.75) is 32.2 Å². The lowest BCUT2D eigenvalue weighted by molar-refractivity contribution is 0.0986. The number of Topliss-reactive ketones (excluding diaryl/α,β-unsaturated/α-hetero) is 1. The maximum Gasteiger partial charge on any atom is 0.429 e. The molecule has 234 valence electrons. The van der Waals surface area contributed by atoms with Crippen LogP contribution < -0.4 is 15.6 Å². The number of amides is 1. The second-order valence-electron chi connectivity index (χ2n) is 11.2. The highest BCUT2D eigenvalue weighted by Gasteiger charge is 2.28. The number of anilines is 1. The first kappa shape index (κ1) is 31.9. The minimum atomic E-state index is -0.416. The first-order chi connectivity index (χ1) is 22.1. The van der Waals surface area contributed by atoms with Gasteiger partial charge in [-0.25, -0.2) is 14.8 Å². The molecule has 1 amide bonds. The van der Waals surface area contributed by atoms with Crippen LogP contribution in [-0.4, -0.2) is 61.3 Å². The molecule has 1 aliphatic rings. The quantitative estimate of drug-likeness (QED) is 0.116. The fourth-order valence-corrected chi connectivity index (χ4v) is 5.48. The molecule has 0 aromatic heterocycles. The molecule has 0 unspecified atom stereocenters. The van der Waals surface area contributed by atoms with E-state index in [1.165, 1.54) is 0 Å². The van der Waals surface area contributed by atoms with E-state index in [0.717, 1.165) is 73.3 Å². The number of phenolic OH excluding ortho intramolecular Hbond substituents is 1. The van der Waals surface area contributed by atoms with Crippen LogP contribution in [0.1, 0.15) is 40.7 Å². The number of hydrazine groups is 1. The van der Waals surface area contributed by atoms with Crippen molar-refractivity contribution in [1.29, 1.82) is 0 Å². The number of para-hydroxylation sites is 1. The standard InChI is InChI=1S/C37H42N4O4/c42-33-19-15-29(16-20-33)21-22-38-27-30-13-17-32(18-14-30)36(43)28-39-23-26-45-37(44)41(40-24-7-2-8-25-40)35-12-6-5-11-34(35)31-9-3-1-4-10-31/h1,3-6,9-20,38-39,42H,2,7-8,21-28H2. The monoisotopic (exact) mass is 606 g/mol. The molecular formula is C37H42N4O4. The summed E-state index contributed by atoms with van der Waals surface area (Å²) in [6.07, 6.45) is 3.66. The number of benzene rings is 4. The van der Waals surface area contributed by atoms with Gasteiger partial charge in [-0.15, -0.1) is 0 Å². The number of carbonyl (C=O) groups is 2. The van der Waals surface area contributed by atoms with Crippen LogP contribution in [0.2, 0.25) is 0 Å². The summed E-state index contributed by atoms with van der Waals surface area (Å²) in [5.74, 6) is 0.260. The van der Waals surface area contributed by atoms with Crippen LogP contribution in [0.5, 0.6) is 5.75 Å². The third-order valence-electron chi connectivity index (χ3n) is 7.93. The second kappa shape index (κ2) is 16.5. The number of phenols is 1. The minimum Gasteiger partial charge on any atom is -0.508 e. The molecule has 8 heteroatoms. The van der Waals surface area contributed by atoms with Crippen LogP contribution in [0.4, 0.5) is 10.5 Å². The molecule has 1 heterocycles. The highest BCUT2D eigenvalue weighted by molar-refractivity contribution is 5.97. The van der Waals surface area contributed by atoms with E-state index in [1.807, 2.05) is 91.0 Å². The average Bonchev–Trinajstić information content (AvgIpc) is 3.09. The number of ether oxygens (including phenoxy) is 1. The second-order valence-corrected chi connectivity index (χ2v) is 11.2. The normalized spacial score (nSPS) is 13.3. The van der Waals surface area contributed by atoms with E-state index in [9.17, 15) is 14.7 Å². The first-order valence-corrected chi connectivity index (χ1v) is 15.8. The molecule has 1 aliphatic heterocycles. The summed E-state index contributed by atoms with van der Waals surface area (Å²) in [4.78, 5) is 26.3. The highest BCUT2D eigenvalue weighted by Crippen LogP contribution is 2.33. The Kier molecular flexibility index (Phi) is 11.7. The Morgan fingerprint density at radius 3 is 2.20 bits per heavy atom. The molecule has 3 N–H and O–H groups in total. The molecule has 4 aromatic carbocycles. The number of carbonyl (C=O) groups excluding carboxylic acids is 2. The summed E-state index contributed by atoms with van der Waals surface area (Å²) in [5, 5.41) is 19.7. The van der Waals surface area contributed by atoms with E-state index in [2.05, 4.69) is 15.6 Å². The molecule has 5 rings (SSSR count). The van der Waals surface area contributed by atoms with Gasteiger partial charge in [0.25, 0.3) is 0 Å². The van der Waals surface area contributed by atoms with E-state index in [-0.39, 0.29) is 24.7 Å². The third-order valence-corrected chi connectivity index (χ3v) is 7.93. The maximum absolute atomic E-state index is 13.5. The van der Waals surface area contributed by atoms with Gasteiger partial charge in [0.2, 0.25) is 0 Å². The van der Waals surface area contributed by atoms with Crippen molar-refractivity contribution in [1.82, 2.24) is 15.6 Å². The summed E-state index contributed by atoms with van der Waals surface area (Å²) < 4.78 is 5.74. The number of hydrogen-bond acceptors (Lipinski definition) is 7. The predicted molar refractivity (Wildman–Crippen MR) is 178 cm³/mol. The van der Waals surface area contributed by atoms with Gasteiger partial charge in [-0.1, -0.05) is 91.3 Å². The number of aromatic hydroxyl groups is 1. The zero-order valence-electron chi connectivity index (χ0n) is 25.7. The summed E-state index contributed by atoms with van der Waals surface area (Å²) in [6.45, 7) is 3.79. The summed E-state index contributed by atoms with van der Waals surface area (Å²) in [6, 6.07) is 32.9. The van der Waals surface area contributed by atoms with Gasteiger partial charge in [0.1, 0.15) is 12.4 Å². The molecular weight excluding hydrogens is 564 g/mol. The Morgan fingerprint density at radius 2 is 1.44 bits per heavy atom.